The molecular weight excluding hydrogens is 248 g/mol. The first-order valence-electron chi connectivity index (χ1n) is 7.03. The van der Waals surface area contributed by atoms with Gasteiger partial charge in [0.15, 0.2) is 0 Å². The summed E-state index contributed by atoms with van der Waals surface area (Å²) in [6.07, 6.45) is 2.37. The van der Waals surface area contributed by atoms with Crippen LogP contribution >= 0.6 is 0 Å². The van der Waals surface area contributed by atoms with Crippen molar-refractivity contribution in [3.8, 4) is 5.75 Å². The van der Waals surface area contributed by atoms with Crippen LogP contribution in [0.5, 0.6) is 5.75 Å². The van der Waals surface area contributed by atoms with E-state index in [1.54, 1.807) is 7.11 Å². The molecule has 20 heavy (non-hydrogen) atoms. The predicted molar refractivity (Wildman–Crippen MR) is 84.3 cm³/mol. The molecule has 3 nitrogen and oxygen atoms in total. The molecule has 0 fully saturated rings. The van der Waals surface area contributed by atoms with Crippen LogP contribution in [0.2, 0.25) is 0 Å². The number of anilines is 3. The molecule has 0 radical (unpaired) electrons. The lowest BCUT2D eigenvalue weighted by molar-refractivity contribution is 0.415. The van der Waals surface area contributed by atoms with Crippen LogP contribution in [-0.4, -0.2) is 20.7 Å². The van der Waals surface area contributed by atoms with Crippen LogP contribution in [-0.2, 0) is 6.42 Å². The van der Waals surface area contributed by atoms with Gasteiger partial charge in [-0.3, -0.25) is 0 Å². The van der Waals surface area contributed by atoms with Gasteiger partial charge in [0.05, 0.1) is 18.5 Å². The normalized spacial score (nSPS) is 13.3. The fourth-order valence-electron chi connectivity index (χ4n) is 2.72. The van der Waals surface area contributed by atoms with E-state index in [-0.39, 0.29) is 0 Å². The zero-order chi connectivity index (χ0) is 13.9. The maximum Gasteiger partial charge on any atom is 0.119 e. The van der Waals surface area contributed by atoms with Crippen LogP contribution < -0.4 is 15.0 Å². The van der Waals surface area contributed by atoms with E-state index in [1.165, 1.54) is 23.4 Å². The van der Waals surface area contributed by atoms with Crippen LogP contribution in [0.4, 0.5) is 17.1 Å². The number of rotatable bonds is 3. The second kappa shape index (κ2) is 5.45. The summed E-state index contributed by atoms with van der Waals surface area (Å²) in [7, 11) is 3.80. The second-order valence-corrected chi connectivity index (χ2v) is 5.10. The number of benzene rings is 2. The van der Waals surface area contributed by atoms with Crippen molar-refractivity contribution in [3.63, 3.8) is 0 Å². The molecule has 1 aliphatic rings. The molecule has 1 aliphatic heterocycles. The molecule has 0 bridgehead atoms. The molecule has 104 valence electrons. The highest BCUT2D eigenvalue weighted by molar-refractivity contribution is 5.79. The number of nitrogens with one attached hydrogen (secondary N) is 1. The molecule has 0 atom stereocenters. The first kappa shape index (κ1) is 12.9. The summed E-state index contributed by atoms with van der Waals surface area (Å²) in [6.45, 7) is 1.06. The van der Waals surface area contributed by atoms with Crippen LogP contribution in [0.25, 0.3) is 0 Å². The van der Waals surface area contributed by atoms with Crippen LogP contribution in [0.15, 0.2) is 42.5 Å². The zero-order valence-electron chi connectivity index (χ0n) is 12.0. The summed E-state index contributed by atoms with van der Waals surface area (Å²) < 4.78 is 5.21. The summed E-state index contributed by atoms with van der Waals surface area (Å²) in [5, 5.41) is 3.54. The largest absolute Gasteiger partial charge is 0.497 e. The quantitative estimate of drug-likeness (QED) is 0.915. The lowest BCUT2D eigenvalue weighted by Crippen LogP contribution is -2.17. The van der Waals surface area contributed by atoms with Gasteiger partial charge in [-0.15, -0.1) is 0 Å². The Bertz CT molecular complexity index is 592. The topological polar surface area (TPSA) is 24.5 Å². The number of fused-ring (bicyclic) bond motifs is 1. The highest BCUT2D eigenvalue weighted by Crippen LogP contribution is 2.36. The van der Waals surface area contributed by atoms with E-state index < -0.39 is 0 Å². The molecule has 0 saturated heterocycles. The van der Waals surface area contributed by atoms with Crippen molar-refractivity contribution in [1.29, 1.82) is 0 Å². The maximum atomic E-state index is 5.21. The van der Waals surface area contributed by atoms with Gasteiger partial charge in [0.2, 0.25) is 0 Å². The summed E-state index contributed by atoms with van der Waals surface area (Å²) in [5.74, 6) is 0.885. The number of hydrogen-bond donors (Lipinski definition) is 1. The van der Waals surface area contributed by atoms with Gasteiger partial charge >= 0.3 is 0 Å². The van der Waals surface area contributed by atoms with Crippen molar-refractivity contribution in [2.24, 2.45) is 0 Å². The molecule has 3 heteroatoms. The lowest BCUT2D eigenvalue weighted by atomic mass is 10.0. The fraction of sp³-hybridized carbons (Fsp3) is 0.294. The molecule has 1 N–H and O–H groups in total. The van der Waals surface area contributed by atoms with Crippen LogP contribution in [0, 0.1) is 0 Å². The number of ether oxygens (including phenoxy) is 1. The highest BCUT2D eigenvalue weighted by atomic mass is 16.5. The Morgan fingerprint density at radius 1 is 1.10 bits per heavy atom. The second-order valence-electron chi connectivity index (χ2n) is 5.10. The first-order valence-corrected chi connectivity index (χ1v) is 7.03. The summed E-state index contributed by atoms with van der Waals surface area (Å²) in [5.41, 5.74) is 5.07. The molecule has 0 spiro atoms. The SMILES string of the molecule is COc1ccc(N(C)c2cccc3c2NCCC3)cc1. The van der Waals surface area contributed by atoms with Crippen LogP contribution in [0.3, 0.4) is 0 Å². The first-order chi connectivity index (χ1) is 9.79. The van der Waals surface area contributed by atoms with Crippen molar-refractivity contribution >= 4 is 17.1 Å². The predicted octanol–water partition coefficient (Wildman–Crippen LogP) is 3.82. The zero-order valence-corrected chi connectivity index (χ0v) is 12.0. The maximum absolute atomic E-state index is 5.21. The average molecular weight is 268 g/mol. The Kier molecular flexibility index (Phi) is 3.50. The molecule has 3 rings (SSSR count). The third-order valence-electron chi connectivity index (χ3n) is 3.87. The Morgan fingerprint density at radius 3 is 2.65 bits per heavy atom. The van der Waals surface area contributed by atoms with Gasteiger partial charge in [-0.2, -0.15) is 0 Å². The van der Waals surface area contributed by atoms with Gasteiger partial charge in [0.25, 0.3) is 0 Å². The van der Waals surface area contributed by atoms with E-state index in [0.717, 1.165) is 24.4 Å². The summed E-state index contributed by atoms with van der Waals surface area (Å²) >= 11 is 0. The van der Waals surface area contributed by atoms with Crippen molar-refractivity contribution < 1.29 is 4.74 Å². The van der Waals surface area contributed by atoms with Gasteiger partial charge in [-0.05, 0) is 48.7 Å². The molecule has 2 aromatic rings. The average Bonchev–Trinajstić information content (AvgIpc) is 2.54. The van der Waals surface area contributed by atoms with Gasteiger partial charge in [0.1, 0.15) is 5.75 Å². The molecule has 0 saturated carbocycles. The van der Waals surface area contributed by atoms with E-state index in [0.29, 0.717) is 0 Å². The van der Waals surface area contributed by atoms with E-state index in [1.807, 2.05) is 12.1 Å². The number of para-hydroxylation sites is 1. The Labute approximate surface area is 120 Å². The third kappa shape index (κ3) is 2.31. The van der Waals surface area contributed by atoms with Crippen molar-refractivity contribution in [2.75, 3.05) is 30.9 Å². The van der Waals surface area contributed by atoms with E-state index in [4.69, 9.17) is 4.74 Å². The van der Waals surface area contributed by atoms with Crippen molar-refractivity contribution in [2.45, 2.75) is 12.8 Å². The van der Waals surface area contributed by atoms with Gasteiger partial charge in [-0.1, -0.05) is 12.1 Å². The molecule has 0 unspecified atom stereocenters. The number of nitrogens with zero attached hydrogens (tertiary/aromatic N) is 1. The molecule has 2 aromatic carbocycles. The molecule has 0 aliphatic carbocycles. The van der Waals surface area contributed by atoms with E-state index in [9.17, 15) is 0 Å². The van der Waals surface area contributed by atoms with Crippen molar-refractivity contribution in [3.05, 3.63) is 48.0 Å². The Balaban J connectivity index is 1.95. The third-order valence-corrected chi connectivity index (χ3v) is 3.87. The minimum absolute atomic E-state index is 0.885. The van der Waals surface area contributed by atoms with Gasteiger partial charge in [0, 0.05) is 19.3 Å². The lowest BCUT2D eigenvalue weighted by Gasteiger charge is -2.27. The fourth-order valence-corrected chi connectivity index (χ4v) is 2.72. The summed E-state index contributed by atoms with van der Waals surface area (Å²) in [4.78, 5) is 2.22. The van der Waals surface area contributed by atoms with Gasteiger partial charge in [-0.25, -0.2) is 0 Å². The summed E-state index contributed by atoms with van der Waals surface area (Å²) in [6, 6.07) is 14.7. The van der Waals surface area contributed by atoms with E-state index in [2.05, 4.69) is 47.6 Å². The minimum Gasteiger partial charge on any atom is -0.497 e. The van der Waals surface area contributed by atoms with Gasteiger partial charge < -0.3 is 15.0 Å². The van der Waals surface area contributed by atoms with Crippen molar-refractivity contribution in [1.82, 2.24) is 0 Å². The molecular formula is C17H20N2O. The van der Waals surface area contributed by atoms with Crippen LogP contribution in [0.1, 0.15) is 12.0 Å². The Morgan fingerprint density at radius 2 is 1.90 bits per heavy atom. The standard InChI is InChI=1S/C17H20N2O/c1-19(14-8-10-15(20-2)11-9-14)16-7-3-5-13-6-4-12-18-17(13)16/h3,5,7-11,18H,4,6,12H2,1-2H3. The minimum atomic E-state index is 0.885. The molecule has 0 amide bonds. The molecule has 1 heterocycles. The smallest absolute Gasteiger partial charge is 0.119 e. The number of methoxy groups -OCH3 is 1. The number of hydrogen-bond acceptors (Lipinski definition) is 3. The monoisotopic (exact) mass is 268 g/mol. The molecule has 0 aromatic heterocycles. The highest BCUT2D eigenvalue weighted by Gasteiger charge is 2.15. The Hall–Kier alpha value is -2.16. The van der Waals surface area contributed by atoms with E-state index >= 15 is 0 Å². The number of aryl methyl sites for hydroxylation is 1.